The van der Waals surface area contributed by atoms with Gasteiger partial charge in [-0.1, -0.05) is 80.1 Å². The van der Waals surface area contributed by atoms with Crippen molar-refractivity contribution in [2.45, 2.75) is 80.1 Å². The van der Waals surface area contributed by atoms with Crippen LogP contribution in [0.2, 0.25) is 0 Å². The van der Waals surface area contributed by atoms with E-state index in [9.17, 15) is 0 Å². The molecule has 1 rings (SSSR count). The molecule has 0 radical (unpaired) electrons. The number of hydrogen-bond acceptors (Lipinski definition) is 3. The van der Waals surface area contributed by atoms with Gasteiger partial charge in [-0.05, 0) is 17.8 Å². The summed E-state index contributed by atoms with van der Waals surface area (Å²) >= 11 is 0. The van der Waals surface area contributed by atoms with E-state index in [1.807, 2.05) is 0 Å². The van der Waals surface area contributed by atoms with Crippen molar-refractivity contribution in [1.82, 2.24) is 10.2 Å². The Labute approximate surface area is 159 Å². The highest BCUT2D eigenvalue weighted by atomic mass is 16.5. The van der Waals surface area contributed by atoms with Crippen LogP contribution < -0.4 is 5.32 Å². The number of rotatable bonds is 12. The van der Waals surface area contributed by atoms with Gasteiger partial charge in [-0.15, -0.1) is 0 Å². The van der Waals surface area contributed by atoms with E-state index in [1.165, 1.54) is 58.2 Å². The fourth-order valence-corrected chi connectivity index (χ4v) is 3.48. The first-order valence-corrected chi connectivity index (χ1v) is 11.2. The zero-order valence-electron chi connectivity index (χ0n) is 18.3. The average molecular weight is 357 g/mol. The van der Waals surface area contributed by atoms with Crippen LogP contribution >= 0.6 is 0 Å². The summed E-state index contributed by atoms with van der Waals surface area (Å²) in [5, 5.41) is 3.16. The van der Waals surface area contributed by atoms with Gasteiger partial charge < -0.3 is 15.0 Å². The number of morpholine rings is 1. The normalized spacial score (nSPS) is 15.1. The Bertz CT molecular complexity index is 212. The van der Waals surface area contributed by atoms with E-state index in [-0.39, 0.29) is 0 Å². The Balaban J connectivity index is 0.000000796. The minimum Gasteiger partial charge on any atom is -0.379 e. The van der Waals surface area contributed by atoms with Gasteiger partial charge in [0.15, 0.2) is 0 Å². The Hall–Kier alpha value is -0.120. The van der Waals surface area contributed by atoms with Crippen LogP contribution in [-0.2, 0) is 4.74 Å². The van der Waals surface area contributed by atoms with Gasteiger partial charge in [0, 0.05) is 32.7 Å². The van der Waals surface area contributed by atoms with E-state index in [0.717, 1.165) is 44.1 Å². The zero-order chi connectivity index (χ0) is 18.9. The topological polar surface area (TPSA) is 24.5 Å². The van der Waals surface area contributed by atoms with Crippen molar-refractivity contribution < 1.29 is 4.74 Å². The number of nitrogens with zero attached hydrogens (tertiary/aromatic N) is 1. The standard InChI is InChI=1S/C18H39N.C4H9NO/c1-7-16(8-2)13-19(14-17(9-3)10-4)15-18(11-5)12-6;1-3-6-4-2-5-1/h16-18H,7-15H2,1-6H3;5H,1-4H2. The van der Waals surface area contributed by atoms with E-state index in [0.29, 0.717) is 0 Å². The summed E-state index contributed by atoms with van der Waals surface area (Å²) in [5.41, 5.74) is 0. The largest absolute Gasteiger partial charge is 0.379 e. The Morgan fingerprint density at radius 1 is 0.640 bits per heavy atom. The lowest BCUT2D eigenvalue weighted by Crippen LogP contribution is -2.37. The van der Waals surface area contributed by atoms with Crippen molar-refractivity contribution in [2.75, 3.05) is 45.9 Å². The second kappa shape index (κ2) is 17.3. The van der Waals surface area contributed by atoms with Gasteiger partial charge in [-0.3, -0.25) is 0 Å². The van der Waals surface area contributed by atoms with Crippen LogP contribution in [0.4, 0.5) is 0 Å². The molecule has 0 bridgehead atoms. The van der Waals surface area contributed by atoms with Gasteiger partial charge in [-0.2, -0.15) is 0 Å². The summed E-state index contributed by atoms with van der Waals surface area (Å²) in [5.74, 6) is 2.68. The van der Waals surface area contributed by atoms with E-state index in [1.54, 1.807) is 0 Å². The Morgan fingerprint density at radius 2 is 0.960 bits per heavy atom. The molecule has 1 aliphatic heterocycles. The zero-order valence-corrected chi connectivity index (χ0v) is 18.3. The van der Waals surface area contributed by atoms with Crippen molar-refractivity contribution in [2.24, 2.45) is 17.8 Å². The van der Waals surface area contributed by atoms with Crippen molar-refractivity contribution in [3.8, 4) is 0 Å². The maximum Gasteiger partial charge on any atom is 0.0591 e. The van der Waals surface area contributed by atoms with E-state index < -0.39 is 0 Å². The molecule has 0 atom stereocenters. The van der Waals surface area contributed by atoms with E-state index >= 15 is 0 Å². The highest BCUT2D eigenvalue weighted by molar-refractivity contribution is 4.71. The molecule has 0 aromatic heterocycles. The van der Waals surface area contributed by atoms with Crippen LogP contribution in [-0.4, -0.2) is 50.8 Å². The fraction of sp³-hybridized carbons (Fsp3) is 1.00. The molecular weight excluding hydrogens is 308 g/mol. The lowest BCUT2D eigenvalue weighted by Gasteiger charge is -2.32. The van der Waals surface area contributed by atoms with Crippen LogP contribution in [0, 0.1) is 17.8 Å². The average Bonchev–Trinajstić information content (AvgIpc) is 2.69. The third-order valence-electron chi connectivity index (χ3n) is 5.86. The molecular formula is C22H48N2O. The van der Waals surface area contributed by atoms with Crippen molar-refractivity contribution >= 4 is 0 Å². The van der Waals surface area contributed by atoms with Gasteiger partial charge in [-0.25, -0.2) is 0 Å². The van der Waals surface area contributed by atoms with Crippen LogP contribution in [0.1, 0.15) is 80.1 Å². The van der Waals surface area contributed by atoms with Crippen LogP contribution in [0.3, 0.4) is 0 Å². The first-order valence-electron chi connectivity index (χ1n) is 11.2. The smallest absolute Gasteiger partial charge is 0.0591 e. The van der Waals surface area contributed by atoms with Gasteiger partial charge in [0.2, 0.25) is 0 Å². The molecule has 0 saturated carbocycles. The maximum absolute atomic E-state index is 5.01. The lowest BCUT2D eigenvalue weighted by atomic mass is 9.96. The first-order chi connectivity index (χ1) is 12.1. The van der Waals surface area contributed by atoms with E-state index in [2.05, 4.69) is 51.8 Å². The van der Waals surface area contributed by atoms with Crippen LogP contribution in [0.25, 0.3) is 0 Å². The van der Waals surface area contributed by atoms with Crippen LogP contribution in [0.15, 0.2) is 0 Å². The second-order valence-electron chi connectivity index (χ2n) is 7.63. The molecule has 1 heterocycles. The molecule has 0 aromatic carbocycles. The summed E-state index contributed by atoms with van der Waals surface area (Å²) in [4.78, 5) is 2.78. The molecule has 0 aliphatic carbocycles. The molecule has 1 saturated heterocycles. The molecule has 25 heavy (non-hydrogen) atoms. The number of nitrogens with one attached hydrogen (secondary N) is 1. The predicted molar refractivity (Wildman–Crippen MR) is 112 cm³/mol. The predicted octanol–water partition coefficient (Wildman–Crippen LogP) is 5.20. The quantitative estimate of drug-likeness (QED) is 0.520. The van der Waals surface area contributed by atoms with Gasteiger partial charge in [0.05, 0.1) is 13.2 Å². The molecule has 1 N–H and O–H groups in total. The summed E-state index contributed by atoms with van der Waals surface area (Å²) < 4.78 is 5.01. The van der Waals surface area contributed by atoms with Gasteiger partial charge in [0.1, 0.15) is 0 Å². The third kappa shape index (κ3) is 12.8. The van der Waals surface area contributed by atoms with Crippen LogP contribution in [0.5, 0.6) is 0 Å². The molecule has 0 spiro atoms. The molecule has 0 aromatic rings. The number of hydrogen-bond donors (Lipinski definition) is 1. The summed E-state index contributed by atoms with van der Waals surface area (Å²) in [6, 6.07) is 0. The highest BCUT2D eigenvalue weighted by Crippen LogP contribution is 2.18. The Morgan fingerprint density at radius 3 is 1.12 bits per heavy atom. The molecule has 3 nitrogen and oxygen atoms in total. The summed E-state index contributed by atoms with van der Waals surface area (Å²) in [7, 11) is 0. The lowest BCUT2D eigenvalue weighted by molar-refractivity contribution is 0.109. The van der Waals surface area contributed by atoms with Crippen molar-refractivity contribution in [3.05, 3.63) is 0 Å². The number of ether oxygens (including phenoxy) is 1. The SMILES string of the molecule is C1COCCN1.CCC(CC)CN(CC(CC)CC)CC(CC)CC. The minimum absolute atomic E-state index is 0.889. The molecule has 3 heteroatoms. The Kier molecular flexibility index (Phi) is 17.2. The maximum atomic E-state index is 5.01. The van der Waals surface area contributed by atoms with Gasteiger partial charge in [0.25, 0.3) is 0 Å². The summed E-state index contributed by atoms with van der Waals surface area (Å²) in [6.45, 7) is 21.9. The molecule has 1 aliphatic rings. The van der Waals surface area contributed by atoms with Crippen molar-refractivity contribution in [3.63, 3.8) is 0 Å². The third-order valence-corrected chi connectivity index (χ3v) is 5.86. The monoisotopic (exact) mass is 356 g/mol. The van der Waals surface area contributed by atoms with E-state index in [4.69, 9.17) is 4.74 Å². The highest BCUT2D eigenvalue weighted by Gasteiger charge is 2.17. The molecule has 1 fully saturated rings. The molecule has 0 unspecified atom stereocenters. The van der Waals surface area contributed by atoms with Crippen molar-refractivity contribution in [1.29, 1.82) is 0 Å². The summed E-state index contributed by atoms with van der Waals surface area (Å²) in [6.07, 6.45) is 7.99. The molecule has 0 amide bonds. The molecule has 152 valence electrons. The van der Waals surface area contributed by atoms with Gasteiger partial charge >= 0.3 is 0 Å². The fourth-order valence-electron chi connectivity index (χ4n) is 3.48. The second-order valence-corrected chi connectivity index (χ2v) is 7.63. The minimum atomic E-state index is 0.889. The first kappa shape index (κ1) is 24.9.